The first kappa shape index (κ1) is 21.2. The molecule has 4 rings (SSSR count). The monoisotopic (exact) mass is 418 g/mol. The summed E-state index contributed by atoms with van der Waals surface area (Å²) in [6.07, 6.45) is 3.12. The molecule has 0 aromatic heterocycles. The van der Waals surface area contributed by atoms with Gasteiger partial charge in [0.1, 0.15) is 5.60 Å². The zero-order valence-electron chi connectivity index (χ0n) is 18.5. The second-order valence-corrected chi connectivity index (χ2v) is 9.34. The van der Waals surface area contributed by atoms with Crippen LogP contribution in [0.15, 0.2) is 72.4 Å². The van der Waals surface area contributed by atoms with Crippen molar-refractivity contribution in [3.05, 3.63) is 88.8 Å². The molecule has 2 unspecified atom stereocenters. The fraction of sp³-hybridized carbons (Fsp3) is 0.385. The summed E-state index contributed by atoms with van der Waals surface area (Å²) in [4.78, 5) is 14.8. The molecule has 31 heavy (non-hydrogen) atoms. The van der Waals surface area contributed by atoms with Gasteiger partial charge in [0.2, 0.25) is 0 Å². The topological polar surface area (TPSA) is 55.6 Å². The molecule has 0 saturated heterocycles. The van der Waals surface area contributed by atoms with Gasteiger partial charge in [-0.3, -0.25) is 4.90 Å². The Labute approximate surface area is 184 Å². The van der Waals surface area contributed by atoms with Crippen molar-refractivity contribution in [3.8, 4) is 0 Å². The highest BCUT2D eigenvalue weighted by Gasteiger charge is 2.42. The molecule has 5 nitrogen and oxygen atoms in total. The molecule has 0 bridgehead atoms. The molecule has 1 aliphatic heterocycles. The summed E-state index contributed by atoms with van der Waals surface area (Å²) in [6.45, 7) is 6.48. The van der Waals surface area contributed by atoms with Crippen LogP contribution in [0.25, 0.3) is 0 Å². The molecule has 1 aliphatic carbocycles. The standard InChI is InChI=1S/C26H30N2O3/c1-26(2,3)31-25(29)27(17-19-10-6-4-7-11-19)21-14-15-22-23(18-28(30)24(22)16-21)20-12-8-5-9-13-20/h4-13,16,22-23H,14-15,17-18H2,1-3H3. The first-order valence-corrected chi connectivity index (χ1v) is 10.9. The van der Waals surface area contributed by atoms with Crippen LogP contribution >= 0.6 is 0 Å². The normalized spacial score (nSPS) is 20.8. The summed E-state index contributed by atoms with van der Waals surface area (Å²) in [5.74, 6) is 0.372. The number of hydrogen-bond donors (Lipinski definition) is 0. The van der Waals surface area contributed by atoms with E-state index in [0.717, 1.165) is 34.6 Å². The van der Waals surface area contributed by atoms with Gasteiger partial charge in [0.05, 0.1) is 18.4 Å². The van der Waals surface area contributed by atoms with Gasteiger partial charge in [0.15, 0.2) is 12.3 Å². The third kappa shape index (κ3) is 4.82. The molecule has 162 valence electrons. The second kappa shape index (κ2) is 8.58. The van der Waals surface area contributed by atoms with Gasteiger partial charge in [0.25, 0.3) is 0 Å². The minimum Gasteiger partial charge on any atom is -0.624 e. The van der Waals surface area contributed by atoms with Crippen molar-refractivity contribution < 1.29 is 14.3 Å². The SMILES string of the molecule is CC(C)(C)OC(=O)N(Cc1ccccc1)C1=CC2=[N+]([O-])CC(c3ccccc3)C2CC1. The summed E-state index contributed by atoms with van der Waals surface area (Å²) in [5, 5.41) is 12.8. The maximum atomic E-state index is 13.1. The summed E-state index contributed by atoms with van der Waals surface area (Å²) >= 11 is 0. The summed E-state index contributed by atoms with van der Waals surface area (Å²) < 4.78 is 6.81. The third-order valence-corrected chi connectivity index (χ3v) is 5.91. The van der Waals surface area contributed by atoms with Gasteiger partial charge >= 0.3 is 6.09 Å². The predicted molar refractivity (Wildman–Crippen MR) is 122 cm³/mol. The quantitative estimate of drug-likeness (QED) is 0.489. The van der Waals surface area contributed by atoms with Gasteiger partial charge in [-0.2, -0.15) is 0 Å². The van der Waals surface area contributed by atoms with Crippen molar-refractivity contribution in [1.82, 2.24) is 4.90 Å². The highest BCUT2D eigenvalue weighted by molar-refractivity contribution is 5.96. The van der Waals surface area contributed by atoms with Crippen LogP contribution in [0, 0.1) is 11.1 Å². The van der Waals surface area contributed by atoms with E-state index in [9.17, 15) is 10.0 Å². The highest BCUT2D eigenvalue weighted by Crippen LogP contribution is 2.39. The number of carbonyl (C=O) groups excluding carboxylic acids is 1. The molecule has 2 aliphatic rings. The number of hydroxylamine groups is 1. The van der Waals surface area contributed by atoms with Crippen LogP contribution in [0.1, 0.15) is 50.7 Å². The average molecular weight is 419 g/mol. The Kier molecular flexibility index (Phi) is 5.86. The lowest BCUT2D eigenvalue weighted by Gasteiger charge is -2.31. The van der Waals surface area contributed by atoms with Gasteiger partial charge in [0, 0.05) is 11.8 Å². The van der Waals surface area contributed by atoms with Crippen LogP contribution in [-0.4, -0.2) is 33.6 Å². The number of benzene rings is 2. The molecule has 0 radical (unpaired) electrons. The molecular weight excluding hydrogens is 388 g/mol. The molecule has 0 spiro atoms. The molecule has 1 heterocycles. The Bertz CT molecular complexity index is 990. The minimum absolute atomic E-state index is 0.181. The number of rotatable bonds is 4. The van der Waals surface area contributed by atoms with Crippen LogP contribution in [0.3, 0.4) is 0 Å². The van der Waals surface area contributed by atoms with E-state index in [-0.39, 0.29) is 17.9 Å². The molecule has 2 aromatic carbocycles. The van der Waals surface area contributed by atoms with Crippen molar-refractivity contribution in [2.24, 2.45) is 5.92 Å². The molecule has 2 aromatic rings. The fourth-order valence-electron chi connectivity index (χ4n) is 4.49. The zero-order chi connectivity index (χ0) is 22.0. The molecule has 0 fully saturated rings. The van der Waals surface area contributed by atoms with Crippen molar-refractivity contribution in [1.29, 1.82) is 0 Å². The van der Waals surface area contributed by atoms with Crippen molar-refractivity contribution >= 4 is 11.8 Å². The zero-order valence-corrected chi connectivity index (χ0v) is 18.5. The number of amides is 1. The lowest BCUT2D eigenvalue weighted by Crippen LogP contribution is -2.37. The largest absolute Gasteiger partial charge is 0.624 e. The summed E-state index contributed by atoms with van der Waals surface area (Å²) in [7, 11) is 0. The van der Waals surface area contributed by atoms with Crippen molar-refractivity contribution in [2.45, 2.75) is 51.7 Å². The molecule has 2 atom stereocenters. The number of carbonyl (C=O) groups is 1. The van der Waals surface area contributed by atoms with E-state index in [1.165, 1.54) is 5.56 Å². The minimum atomic E-state index is -0.590. The predicted octanol–water partition coefficient (Wildman–Crippen LogP) is 5.47. The Balaban J connectivity index is 1.62. The van der Waals surface area contributed by atoms with Gasteiger partial charge in [-0.05, 0) is 44.7 Å². The van der Waals surface area contributed by atoms with E-state index in [2.05, 4.69) is 12.1 Å². The molecule has 5 heteroatoms. The van der Waals surface area contributed by atoms with Crippen LogP contribution < -0.4 is 0 Å². The van der Waals surface area contributed by atoms with Crippen molar-refractivity contribution in [3.63, 3.8) is 0 Å². The summed E-state index contributed by atoms with van der Waals surface area (Å²) in [6, 6.07) is 20.1. The molecule has 0 N–H and O–H groups in total. The molecular formula is C26H30N2O3. The first-order chi connectivity index (χ1) is 14.8. The van der Waals surface area contributed by atoms with Gasteiger partial charge in [-0.25, -0.2) is 9.53 Å². The Morgan fingerprint density at radius 2 is 1.71 bits per heavy atom. The fourth-order valence-corrected chi connectivity index (χ4v) is 4.49. The van der Waals surface area contributed by atoms with Crippen molar-refractivity contribution in [2.75, 3.05) is 6.54 Å². The second-order valence-electron chi connectivity index (χ2n) is 9.34. The van der Waals surface area contributed by atoms with Crippen LogP contribution in [0.5, 0.6) is 0 Å². The smallest absolute Gasteiger partial charge is 0.414 e. The third-order valence-electron chi connectivity index (χ3n) is 5.91. The number of fused-ring (bicyclic) bond motifs is 1. The highest BCUT2D eigenvalue weighted by atomic mass is 16.6. The van der Waals surface area contributed by atoms with E-state index in [1.54, 1.807) is 4.90 Å². The van der Waals surface area contributed by atoms with E-state index < -0.39 is 5.60 Å². The van der Waals surface area contributed by atoms with Gasteiger partial charge in [-0.15, -0.1) is 0 Å². The van der Waals surface area contributed by atoms with Crippen LogP contribution in [0.4, 0.5) is 4.79 Å². The van der Waals surface area contributed by atoms with E-state index >= 15 is 0 Å². The maximum Gasteiger partial charge on any atom is 0.414 e. The van der Waals surface area contributed by atoms with Crippen LogP contribution in [-0.2, 0) is 11.3 Å². The number of ether oxygens (including phenoxy) is 1. The molecule has 1 amide bonds. The van der Waals surface area contributed by atoms with E-state index in [1.807, 2.05) is 75.4 Å². The summed E-state index contributed by atoms with van der Waals surface area (Å²) in [5.41, 5.74) is 3.26. The lowest BCUT2D eigenvalue weighted by molar-refractivity contribution is -0.450. The number of allylic oxidation sites excluding steroid dienone is 2. The van der Waals surface area contributed by atoms with E-state index in [4.69, 9.17) is 4.74 Å². The Morgan fingerprint density at radius 1 is 1.06 bits per heavy atom. The maximum absolute atomic E-state index is 13.1. The Morgan fingerprint density at radius 3 is 2.35 bits per heavy atom. The van der Waals surface area contributed by atoms with Crippen LogP contribution in [0.2, 0.25) is 0 Å². The molecule has 0 saturated carbocycles. The van der Waals surface area contributed by atoms with Gasteiger partial charge in [-0.1, -0.05) is 60.7 Å². The van der Waals surface area contributed by atoms with E-state index in [0.29, 0.717) is 13.1 Å². The lowest BCUT2D eigenvalue weighted by atomic mass is 9.79. The first-order valence-electron chi connectivity index (χ1n) is 10.9. The number of nitrogens with zero attached hydrogens (tertiary/aromatic N) is 2. The number of hydrogen-bond acceptors (Lipinski definition) is 3. The van der Waals surface area contributed by atoms with Gasteiger partial charge < -0.3 is 9.94 Å². The average Bonchev–Trinajstić information content (AvgIpc) is 3.08. The Hall–Kier alpha value is -3.08.